The van der Waals surface area contributed by atoms with Crippen molar-refractivity contribution < 1.29 is 9.90 Å². The first-order chi connectivity index (χ1) is 6.07. The fourth-order valence-electron chi connectivity index (χ4n) is 1.06. The molecule has 0 spiro atoms. The highest BCUT2D eigenvalue weighted by atomic mass is 79.9. The van der Waals surface area contributed by atoms with Gasteiger partial charge in [-0.25, -0.2) is 4.79 Å². The Hall–Kier alpha value is -0.350. The second-order valence-corrected chi connectivity index (χ2v) is 4.02. The van der Waals surface area contributed by atoms with E-state index in [1.807, 2.05) is 19.1 Å². The second kappa shape index (κ2) is 4.24. The standard InChI is InChI=1S/C9H8Br2O2/c1-5-2-3-6(4-10)7(8(5)11)9(12)13/h2-3H,4H2,1H3,(H,12,13). The predicted octanol–water partition coefficient (Wildman–Crippen LogP) is 3.35. The maximum Gasteiger partial charge on any atom is 0.337 e. The van der Waals surface area contributed by atoms with Crippen LogP contribution in [0.15, 0.2) is 16.6 Å². The van der Waals surface area contributed by atoms with Crippen molar-refractivity contribution in [1.29, 1.82) is 0 Å². The van der Waals surface area contributed by atoms with Gasteiger partial charge in [0.05, 0.1) is 5.56 Å². The zero-order valence-corrected chi connectivity index (χ0v) is 10.1. The van der Waals surface area contributed by atoms with Crippen molar-refractivity contribution in [2.45, 2.75) is 12.3 Å². The third kappa shape index (κ3) is 2.11. The average Bonchev–Trinajstić information content (AvgIpc) is 2.08. The van der Waals surface area contributed by atoms with Gasteiger partial charge in [-0.2, -0.15) is 0 Å². The van der Waals surface area contributed by atoms with E-state index in [4.69, 9.17) is 5.11 Å². The summed E-state index contributed by atoms with van der Waals surface area (Å²) < 4.78 is 0.664. The van der Waals surface area contributed by atoms with E-state index < -0.39 is 5.97 Å². The number of benzene rings is 1. The molecule has 70 valence electrons. The molecule has 0 radical (unpaired) electrons. The van der Waals surface area contributed by atoms with Gasteiger partial charge in [0.25, 0.3) is 0 Å². The molecule has 1 aromatic carbocycles. The lowest BCUT2D eigenvalue weighted by molar-refractivity contribution is 0.0695. The minimum absolute atomic E-state index is 0.344. The summed E-state index contributed by atoms with van der Waals surface area (Å²) in [4.78, 5) is 10.9. The molecule has 1 N–H and O–H groups in total. The van der Waals surface area contributed by atoms with Crippen LogP contribution in [0, 0.1) is 6.92 Å². The molecule has 0 aliphatic rings. The number of aromatic carboxylic acids is 1. The van der Waals surface area contributed by atoms with Gasteiger partial charge in [-0.15, -0.1) is 0 Å². The van der Waals surface area contributed by atoms with Crippen LogP contribution in [0.4, 0.5) is 0 Å². The number of aryl methyl sites for hydroxylation is 1. The minimum Gasteiger partial charge on any atom is -0.478 e. The fraction of sp³-hybridized carbons (Fsp3) is 0.222. The summed E-state index contributed by atoms with van der Waals surface area (Å²) in [5, 5.41) is 9.50. The van der Waals surface area contributed by atoms with Crippen molar-refractivity contribution in [3.05, 3.63) is 33.3 Å². The monoisotopic (exact) mass is 306 g/mol. The maximum absolute atomic E-state index is 10.9. The molecule has 0 aromatic heterocycles. The number of halogens is 2. The van der Waals surface area contributed by atoms with E-state index >= 15 is 0 Å². The van der Waals surface area contributed by atoms with Crippen LogP contribution in [0.1, 0.15) is 21.5 Å². The molecule has 2 nitrogen and oxygen atoms in total. The zero-order chi connectivity index (χ0) is 10.0. The van der Waals surface area contributed by atoms with E-state index in [0.29, 0.717) is 15.4 Å². The van der Waals surface area contributed by atoms with Crippen molar-refractivity contribution in [2.24, 2.45) is 0 Å². The van der Waals surface area contributed by atoms with E-state index in [1.54, 1.807) is 0 Å². The van der Waals surface area contributed by atoms with Crippen LogP contribution in [0.25, 0.3) is 0 Å². The first kappa shape index (κ1) is 10.7. The van der Waals surface area contributed by atoms with Crippen LogP contribution in [-0.4, -0.2) is 11.1 Å². The molecule has 4 heteroatoms. The molecule has 0 heterocycles. The minimum atomic E-state index is -0.898. The van der Waals surface area contributed by atoms with Crippen LogP contribution in [0.5, 0.6) is 0 Å². The van der Waals surface area contributed by atoms with Gasteiger partial charge in [0.15, 0.2) is 0 Å². The third-order valence-electron chi connectivity index (χ3n) is 1.78. The van der Waals surface area contributed by atoms with Gasteiger partial charge in [-0.3, -0.25) is 0 Å². The molecule has 0 bridgehead atoms. The molecule has 13 heavy (non-hydrogen) atoms. The van der Waals surface area contributed by atoms with E-state index in [2.05, 4.69) is 31.9 Å². The number of carboxylic acid groups (broad SMARTS) is 1. The molecule has 0 unspecified atom stereocenters. The summed E-state index contributed by atoms with van der Waals surface area (Å²) in [5.41, 5.74) is 2.06. The predicted molar refractivity (Wildman–Crippen MR) is 58.5 cm³/mol. The van der Waals surface area contributed by atoms with Crippen molar-refractivity contribution in [2.75, 3.05) is 0 Å². The second-order valence-electron chi connectivity index (χ2n) is 2.67. The van der Waals surface area contributed by atoms with Gasteiger partial charge in [0.2, 0.25) is 0 Å². The number of hydrogen-bond donors (Lipinski definition) is 1. The summed E-state index contributed by atoms with van der Waals surface area (Å²) in [6, 6.07) is 3.71. The number of carbonyl (C=O) groups is 1. The van der Waals surface area contributed by atoms with Crippen LogP contribution in [0.3, 0.4) is 0 Å². The van der Waals surface area contributed by atoms with Crippen LogP contribution in [0.2, 0.25) is 0 Å². The summed E-state index contributed by atoms with van der Waals surface area (Å²) in [5.74, 6) is -0.898. The molecule has 0 amide bonds. The highest BCUT2D eigenvalue weighted by molar-refractivity contribution is 9.10. The highest BCUT2D eigenvalue weighted by Crippen LogP contribution is 2.26. The van der Waals surface area contributed by atoms with Crippen LogP contribution >= 0.6 is 31.9 Å². The Bertz CT molecular complexity index is 348. The summed E-state index contributed by atoms with van der Waals surface area (Å²) in [6.07, 6.45) is 0. The van der Waals surface area contributed by atoms with Gasteiger partial charge < -0.3 is 5.11 Å². The van der Waals surface area contributed by atoms with E-state index in [1.165, 1.54) is 0 Å². The Balaban J connectivity index is 3.41. The van der Waals surface area contributed by atoms with Gasteiger partial charge in [-0.05, 0) is 34.0 Å². The Morgan fingerprint density at radius 3 is 2.62 bits per heavy atom. The smallest absolute Gasteiger partial charge is 0.337 e. The first-order valence-corrected chi connectivity index (χ1v) is 5.56. The van der Waals surface area contributed by atoms with Gasteiger partial charge in [-0.1, -0.05) is 28.1 Å². The quantitative estimate of drug-likeness (QED) is 0.851. The molecule has 0 saturated heterocycles. The third-order valence-corrected chi connectivity index (χ3v) is 3.41. The van der Waals surface area contributed by atoms with E-state index in [-0.39, 0.29) is 0 Å². The molecule has 1 rings (SSSR count). The normalized spacial score (nSPS) is 10.1. The molecule has 1 aromatic rings. The SMILES string of the molecule is Cc1ccc(CBr)c(C(=O)O)c1Br. The van der Waals surface area contributed by atoms with Gasteiger partial charge in [0.1, 0.15) is 0 Å². The highest BCUT2D eigenvalue weighted by Gasteiger charge is 2.14. The molecular formula is C9H8Br2O2. The lowest BCUT2D eigenvalue weighted by Crippen LogP contribution is -2.03. The Morgan fingerprint density at radius 2 is 2.15 bits per heavy atom. The van der Waals surface area contributed by atoms with E-state index in [9.17, 15) is 4.79 Å². The lowest BCUT2D eigenvalue weighted by Gasteiger charge is -2.07. The molecule has 0 aliphatic heterocycles. The number of alkyl halides is 1. The van der Waals surface area contributed by atoms with Crippen molar-refractivity contribution in [3.8, 4) is 0 Å². The van der Waals surface area contributed by atoms with E-state index in [0.717, 1.165) is 11.1 Å². The van der Waals surface area contributed by atoms with Gasteiger partial charge >= 0.3 is 5.97 Å². The van der Waals surface area contributed by atoms with Crippen LogP contribution < -0.4 is 0 Å². The molecule has 0 saturated carbocycles. The molecule has 0 atom stereocenters. The van der Waals surface area contributed by atoms with Crippen molar-refractivity contribution >= 4 is 37.8 Å². The van der Waals surface area contributed by atoms with Crippen LogP contribution in [-0.2, 0) is 5.33 Å². The largest absolute Gasteiger partial charge is 0.478 e. The average molecular weight is 308 g/mol. The summed E-state index contributed by atoms with van der Waals surface area (Å²) in [7, 11) is 0. The molecule has 0 fully saturated rings. The summed E-state index contributed by atoms with van der Waals surface area (Å²) >= 11 is 6.52. The van der Waals surface area contributed by atoms with Crippen molar-refractivity contribution in [3.63, 3.8) is 0 Å². The lowest BCUT2D eigenvalue weighted by atomic mass is 10.1. The topological polar surface area (TPSA) is 37.3 Å². The van der Waals surface area contributed by atoms with Crippen molar-refractivity contribution in [1.82, 2.24) is 0 Å². The Morgan fingerprint density at radius 1 is 1.54 bits per heavy atom. The first-order valence-electron chi connectivity index (χ1n) is 3.65. The molecule has 0 aliphatic carbocycles. The number of carboxylic acids is 1. The number of rotatable bonds is 2. The maximum atomic E-state index is 10.9. The Kier molecular flexibility index (Phi) is 3.50. The Labute approximate surface area is 93.2 Å². The summed E-state index contributed by atoms with van der Waals surface area (Å²) in [6.45, 7) is 1.87. The molecular weight excluding hydrogens is 300 g/mol. The fourth-order valence-corrected chi connectivity index (χ4v) is 2.09. The zero-order valence-electron chi connectivity index (χ0n) is 6.97. The van der Waals surface area contributed by atoms with Gasteiger partial charge in [0, 0.05) is 9.80 Å². The number of hydrogen-bond acceptors (Lipinski definition) is 1.